The lowest BCUT2D eigenvalue weighted by Gasteiger charge is -2.28. The second-order valence-electron chi connectivity index (χ2n) is 7.86. The van der Waals surface area contributed by atoms with E-state index in [1.54, 1.807) is 0 Å². The molecular formula is C15H28BI. The van der Waals surface area contributed by atoms with Crippen molar-refractivity contribution in [1.82, 2.24) is 0 Å². The van der Waals surface area contributed by atoms with Crippen molar-refractivity contribution in [2.45, 2.75) is 87.2 Å². The van der Waals surface area contributed by atoms with Gasteiger partial charge in [-0.15, -0.1) is 0 Å². The summed E-state index contributed by atoms with van der Waals surface area (Å²) < 4.78 is 0.654. The highest BCUT2D eigenvalue weighted by molar-refractivity contribution is 14.1. The fourth-order valence-corrected chi connectivity index (χ4v) is 5.63. The van der Waals surface area contributed by atoms with Gasteiger partial charge in [-0.05, 0) is 34.4 Å². The SMILES string of the molecule is CC1(C)CCCCC2(I)BC(C)(CCC1)CC2. The van der Waals surface area contributed by atoms with Crippen LogP contribution in [0.15, 0.2) is 0 Å². The lowest BCUT2D eigenvalue weighted by Crippen LogP contribution is -2.27. The zero-order valence-electron chi connectivity index (χ0n) is 11.9. The Hall–Kier alpha value is 0.795. The van der Waals surface area contributed by atoms with Crippen molar-refractivity contribution in [2.24, 2.45) is 5.41 Å². The number of hydrogen-bond donors (Lipinski definition) is 0. The second-order valence-corrected chi connectivity index (χ2v) is 10.2. The molecule has 2 saturated heterocycles. The van der Waals surface area contributed by atoms with Gasteiger partial charge in [-0.1, -0.05) is 80.8 Å². The third-order valence-electron chi connectivity index (χ3n) is 5.28. The summed E-state index contributed by atoms with van der Waals surface area (Å²) in [5.74, 6) is 0. The van der Waals surface area contributed by atoms with Crippen LogP contribution in [0.25, 0.3) is 0 Å². The lowest BCUT2D eigenvalue weighted by atomic mass is 9.49. The molecule has 2 unspecified atom stereocenters. The summed E-state index contributed by atoms with van der Waals surface area (Å²) in [6, 6.07) is 0. The van der Waals surface area contributed by atoms with Crippen molar-refractivity contribution < 1.29 is 0 Å². The molecular weight excluding hydrogens is 318 g/mol. The predicted octanol–water partition coefficient (Wildman–Crippen LogP) is 5.30. The minimum absolute atomic E-state index is 0.596. The zero-order chi connectivity index (χ0) is 12.6. The Bertz CT molecular complexity index is 276. The van der Waals surface area contributed by atoms with Crippen LogP contribution in [0, 0.1) is 5.41 Å². The highest BCUT2D eigenvalue weighted by Gasteiger charge is 2.44. The van der Waals surface area contributed by atoms with Crippen LogP contribution in [0.1, 0.15) is 78.6 Å². The van der Waals surface area contributed by atoms with Crippen LogP contribution in [0.3, 0.4) is 0 Å². The maximum Gasteiger partial charge on any atom is 0.147 e. The van der Waals surface area contributed by atoms with E-state index in [2.05, 4.69) is 43.4 Å². The summed E-state index contributed by atoms with van der Waals surface area (Å²) in [5.41, 5.74) is 0.596. The highest BCUT2D eigenvalue weighted by Crippen LogP contribution is 2.53. The average molecular weight is 346 g/mol. The zero-order valence-corrected chi connectivity index (χ0v) is 14.1. The van der Waals surface area contributed by atoms with Gasteiger partial charge < -0.3 is 0 Å². The number of alkyl halides is 1. The minimum Gasteiger partial charge on any atom is -0.0883 e. The van der Waals surface area contributed by atoms with Crippen LogP contribution < -0.4 is 0 Å². The van der Waals surface area contributed by atoms with E-state index in [-0.39, 0.29) is 0 Å². The minimum atomic E-state index is 0.596. The summed E-state index contributed by atoms with van der Waals surface area (Å²) in [7, 11) is 1.49. The van der Waals surface area contributed by atoms with Crippen molar-refractivity contribution >= 4 is 29.9 Å². The van der Waals surface area contributed by atoms with Crippen LogP contribution in [-0.2, 0) is 0 Å². The first-order valence-electron chi connectivity index (χ1n) is 7.52. The first-order chi connectivity index (χ1) is 7.83. The average Bonchev–Trinajstić information content (AvgIpc) is 2.49. The molecule has 0 nitrogen and oxygen atoms in total. The molecule has 2 fully saturated rings. The maximum atomic E-state index is 2.80. The van der Waals surface area contributed by atoms with Crippen LogP contribution in [0.4, 0.5) is 0 Å². The van der Waals surface area contributed by atoms with E-state index >= 15 is 0 Å². The van der Waals surface area contributed by atoms with Gasteiger partial charge in [0.1, 0.15) is 7.28 Å². The van der Waals surface area contributed by atoms with Crippen LogP contribution >= 0.6 is 22.6 Å². The molecule has 0 N–H and O–H groups in total. The number of rotatable bonds is 0. The van der Waals surface area contributed by atoms with Gasteiger partial charge in [0.05, 0.1) is 0 Å². The first-order valence-corrected chi connectivity index (χ1v) is 8.60. The molecule has 0 aromatic rings. The fourth-order valence-electron chi connectivity index (χ4n) is 4.06. The molecule has 98 valence electrons. The molecule has 0 radical (unpaired) electrons. The van der Waals surface area contributed by atoms with E-state index in [1.807, 2.05) is 0 Å². The van der Waals surface area contributed by atoms with Crippen molar-refractivity contribution in [3.8, 4) is 0 Å². The normalized spacial score (nSPS) is 42.6. The van der Waals surface area contributed by atoms with E-state index in [4.69, 9.17) is 0 Å². The van der Waals surface area contributed by atoms with Crippen molar-refractivity contribution in [3.63, 3.8) is 0 Å². The Morgan fingerprint density at radius 3 is 2.18 bits per heavy atom. The Kier molecular flexibility index (Phi) is 4.22. The second kappa shape index (κ2) is 5.05. The molecule has 2 rings (SSSR count). The standard InChI is InChI=1S/C15H28BI/c1-13(2)7-4-5-10-15(17)12-11-14(3,16-15)9-6-8-13/h16H,4-12H2,1-3H3. The van der Waals surface area contributed by atoms with E-state index in [1.165, 1.54) is 65.1 Å². The Morgan fingerprint density at radius 1 is 0.765 bits per heavy atom. The monoisotopic (exact) mass is 346 g/mol. The predicted molar refractivity (Wildman–Crippen MR) is 87.6 cm³/mol. The molecule has 0 spiro atoms. The third kappa shape index (κ3) is 3.88. The fraction of sp³-hybridized carbons (Fsp3) is 1.00. The third-order valence-corrected chi connectivity index (χ3v) is 6.74. The molecule has 0 aliphatic carbocycles. The van der Waals surface area contributed by atoms with Gasteiger partial charge in [0.25, 0.3) is 0 Å². The molecule has 2 aliphatic heterocycles. The van der Waals surface area contributed by atoms with Gasteiger partial charge in [-0.2, -0.15) is 0 Å². The Labute approximate surface area is 122 Å². The van der Waals surface area contributed by atoms with Gasteiger partial charge in [0.15, 0.2) is 0 Å². The van der Waals surface area contributed by atoms with Crippen molar-refractivity contribution in [1.29, 1.82) is 0 Å². The van der Waals surface area contributed by atoms with Crippen LogP contribution in [-0.4, -0.2) is 10.6 Å². The smallest absolute Gasteiger partial charge is 0.0883 e. The van der Waals surface area contributed by atoms with E-state index in [0.717, 1.165) is 0 Å². The molecule has 2 bridgehead atoms. The molecule has 0 aromatic heterocycles. The maximum absolute atomic E-state index is 2.80. The molecule has 0 aromatic carbocycles. The van der Waals surface area contributed by atoms with Gasteiger partial charge in [0, 0.05) is 0 Å². The van der Waals surface area contributed by atoms with Gasteiger partial charge in [-0.25, -0.2) is 0 Å². The summed E-state index contributed by atoms with van der Waals surface area (Å²) in [5, 5.41) is 0.668. The lowest BCUT2D eigenvalue weighted by molar-refractivity contribution is 0.275. The van der Waals surface area contributed by atoms with Crippen LogP contribution in [0.2, 0.25) is 5.31 Å². The van der Waals surface area contributed by atoms with Gasteiger partial charge in [0.2, 0.25) is 0 Å². The molecule has 2 heterocycles. The molecule has 17 heavy (non-hydrogen) atoms. The van der Waals surface area contributed by atoms with Gasteiger partial charge in [-0.3, -0.25) is 0 Å². The Balaban J connectivity index is 2.03. The molecule has 2 atom stereocenters. The van der Waals surface area contributed by atoms with E-state index in [9.17, 15) is 0 Å². The molecule has 0 amide bonds. The summed E-state index contributed by atoms with van der Waals surface area (Å²) in [6.45, 7) is 7.51. The molecule has 2 heteroatoms. The number of halogens is 1. The molecule has 0 saturated carbocycles. The first kappa shape index (κ1) is 14.2. The van der Waals surface area contributed by atoms with Crippen LogP contribution in [0.5, 0.6) is 0 Å². The number of hydrogen-bond acceptors (Lipinski definition) is 0. The summed E-state index contributed by atoms with van der Waals surface area (Å²) in [6.07, 6.45) is 13.2. The van der Waals surface area contributed by atoms with Crippen molar-refractivity contribution in [3.05, 3.63) is 0 Å². The summed E-state index contributed by atoms with van der Waals surface area (Å²) >= 11 is 2.80. The number of fused-ring (bicyclic) bond motifs is 2. The topological polar surface area (TPSA) is 0 Å². The van der Waals surface area contributed by atoms with Gasteiger partial charge >= 0.3 is 0 Å². The van der Waals surface area contributed by atoms with E-state index < -0.39 is 0 Å². The summed E-state index contributed by atoms with van der Waals surface area (Å²) in [4.78, 5) is 0. The largest absolute Gasteiger partial charge is 0.147 e. The molecule has 2 aliphatic rings. The Morgan fingerprint density at radius 2 is 1.41 bits per heavy atom. The van der Waals surface area contributed by atoms with E-state index in [0.29, 0.717) is 14.1 Å². The van der Waals surface area contributed by atoms with Crippen molar-refractivity contribution in [2.75, 3.05) is 0 Å². The highest BCUT2D eigenvalue weighted by atomic mass is 127. The quantitative estimate of drug-likeness (QED) is 0.317.